The van der Waals surface area contributed by atoms with Crippen LogP contribution in [0.2, 0.25) is 0 Å². The minimum Gasteiger partial charge on any atom is -0.468 e. The van der Waals surface area contributed by atoms with Crippen molar-refractivity contribution in [2.24, 2.45) is 0 Å². The Morgan fingerprint density at radius 2 is 2.36 bits per heavy atom. The molecular formula is C10H20N2O2. The van der Waals surface area contributed by atoms with Crippen LogP contribution in [0.5, 0.6) is 0 Å². The first-order valence-corrected chi connectivity index (χ1v) is 5.23. The van der Waals surface area contributed by atoms with Crippen LogP contribution in [0.4, 0.5) is 0 Å². The summed E-state index contributed by atoms with van der Waals surface area (Å²) >= 11 is 0. The van der Waals surface area contributed by atoms with Gasteiger partial charge in [0.2, 0.25) is 0 Å². The zero-order chi connectivity index (χ0) is 10.4. The van der Waals surface area contributed by atoms with Crippen molar-refractivity contribution < 1.29 is 9.53 Å². The maximum Gasteiger partial charge on any atom is 0.319 e. The number of methoxy groups -OCH3 is 1. The van der Waals surface area contributed by atoms with Gasteiger partial charge in [-0.05, 0) is 26.4 Å². The molecule has 82 valence electrons. The van der Waals surface area contributed by atoms with Crippen LogP contribution < -0.4 is 5.32 Å². The van der Waals surface area contributed by atoms with Gasteiger partial charge >= 0.3 is 5.97 Å². The molecule has 1 aliphatic heterocycles. The second kappa shape index (κ2) is 5.98. The standard InChI is InChI=1S/C10H20N2O2/c1-11-7-9-5-3-4-6-12(9)8-10(13)14-2/h9,11H,3-8H2,1-2H3. The molecule has 1 aliphatic rings. The molecular weight excluding hydrogens is 180 g/mol. The molecule has 1 heterocycles. The Morgan fingerprint density at radius 1 is 1.57 bits per heavy atom. The number of likely N-dealkylation sites (tertiary alicyclic amines) is 1. The summed E-state index contributed by atoms with van der Waals surface area (Å²) < 4.78 is 4.68. The van der Waals surface area contributed by atoms with Gasteiger partial charge in [0.05, 0.1) is 13.7 Å². The van der Waals surface area contributed by atoms with Crippen molar-refractivity contribution in [3.8, 4) is 0 Å². The highest BCUT2D eigenvalue weighted by Gasteiger charge is 2.23. The van der Waals surface area contributed by atoms with E-state index in [2.05, 4.69) is 15.0 Å². The van der Waals surface area contributed by atoms with Crippen LogP contribution in [0.1, 0.15) is 19.3 Å². The predicted molar refractivity (Wildman–Crippen MR) is 55.2 cm³/mol. The number of ether oxygens (including phenoxy) is 1. The van der Waals surface area contributed by atoms with E-state index in [-0.39, 0.29) is 5.97 Å². The van der Waals surface area contributed by atoms with Crippen molar-refractivity contribution in [1.82, 2.24) is 10.2 Å². The molecule has 1 unspecified atom stereocenters. The van der Waals surface area contributed by atoms with E-state index >= 15 is 0 Å². The second-order valence-corrected chi connectivity index (χ2v) is 3.75. The summed E-state index contributed by atoms with van der Waals surface area (Å²) in [4.78, 5) is 13.4. The van der Waals surface area contributed by atoms with Crippen molar-refractivity contribution in [3.63, 3.8) is 0 Å². The Balaban J connectivity index is 2.41. The number of hydrogen-bond donors (Lipinski definition) is 1. The molecule has 0 amide bonds. The van der Waals surface area contributed by atoms with Crippen molar-refractivity contribution in [2.45, 2.75) is 25.3 Å². The lowest BCUT2D eigenvalue weighted by molar-refractivity contribution is -0.142. The molecule has 1 saturated heterocycles. The number of likely N-dealkylation sites (N-methyl/N-ethyl adjacent to an activating group) is 1. The van der Waals surface area contributed by atoms with Gasteiger partial charge < -0.3 is 10.1 Å². The van der Waals surface area contributed by atoms with E-state index in [4.69, 9.17) is 0 Å². The summed E-state index contributed by atoms with van der Waals surface area (Å²) in [7, 11) is 3.39. The number of nitrogens with one attached hydrogen (secondary N) is 1. The van der Waals surface area contributed by atoms with Gasteiger partial charge in [0.15, 0.2) is 0 Å². The molecule has 0 saturated carbocycles. The van der Waals surface area contributed by atoms with Gasteiger partial charge in [-0.15, -0.1) is 0 Å². The van der Waals surface area contributed by atoms with Gasteiger partial charge in [-0.2, -0.15) is 0 Å². The number of esters is 1. The van der Waals surface area contributed by atoms with Gasteiger partial charge in [0, 0.05) is 12.6 Å². The van der Waals surface area contributed by atoms with Crippen LogP contribution in [0.25, 0.3) is 0 Å². The average molecular weight is 200 g/mol. The van der Waals surface area contributed by atoms with Gasteiger partial charge in [-0.3, -0.25) is 9.69 Å². The summed E-state index contributed by atoms with van der Waals surface area (Å²) in [5.74, 6) is -0.131. The molecule has 1 atom stereocenters. The third kappa shape index (κ3) is 3.27. The molecule has 0 aromatic heterocycles. The topological polar surface area (TPSA) is 41.6 Å². The average Bonchev–Trinajstić information content (AvgIpc) is 2.21. The highest BCUT2D eigenvalue weighted by Crippen LogP contribution is 2.15. The van der Waals surface area contributed by atoms with Crippen LogP contribution >= 0.6 is 0 Å². The highest BCUT2D eigenvalue weighted by atomic mass is 16.5. The largest absolute Gasteiger partial charge is 0.468 e. The minimum absolute atomic E-state index is 0.131. The fraction of sp³-hybridized carbons (Fsp3) is 0.900. The van der Waals surface area contributed by atoms with Crippen molar-refractivity contribution in [3.05, 3.63) is 0 Å². The zero-order valence-electron chi connectivity index (χ0n) is 9.08. The molecule has 0 aromatic carbocycles. The molecule has 1 fully saturated rings. The summed E-state index contributed by atoms with van der Waals surface area (Å²) in [6.07, 6.45) is 3.64. The molecule has 1 rings (SSSR count). The Labute approximate surface area is 85.6 Å². The zero-order valence-corrected chi connectivity index (χ0v) is 9.08. The highest BCUT2D eigenvalue weighted by molar-refractivity contribution is 5.71. The lowest BCUT2D eigenvalue weighted by Gasteiger charge is -2.34. The smallest absolute Gasteiger partial charge is 0.319 e. The van der Waals surface area contributed by atoms with Crippen LogP contribution in [0, 0.1) is 0 Å². The van der Waals surface area contributed by atoms with E-state index in [1.54, 1.807) is 0 Å². The second-order valence-electron chi connectivity index (χ2n) is 3.75. The molecule has 0 aliphatic carbocycles. The SMILES string of the molecule is CNCC1CCCCN1CC(=O)OC. The number of nitrogens with zero attached hydrogens (tertiary/aromatic N) is 1. The number of carbonyl (C=O) groups excluding carboxylic acids is 1. The summed E-state index contributed by atoms with van der Waals surface area (Å²) in [5.41, 5.74) is 0. The third-order valence-electron chi connectivity index (χ3n) is 2.75. The van der Waals surface area contributed by atoms with Crippen molar-refractivity contribution >= 4 is 5.97 Å². The lowest BCUT2D eigenvalue weighted by Crippen LogP contribution is -2.47. The van der Waals surface area contributed by atoms with Crippen molar-refractivity contribution in [1.29, 1.82) is 0 Å². The molecule has 4 heteroatoms. The minimum atomic E-state index is -0.131. The van der Waals surface area contributed by atoms with Crippen LogP contribution in [0.15, 0.2) is 0 Å². The van der Waals surface area contributed by atoms with E-state index < -0.39 is 0 Å². The third-order valence-corrected chi connectivity index (χ3v) is 2.75. The van der Waals surface area contributed by atoms with Gasteiger partial charge in [-0.25, -0.2) is 0 Å². The fourth-order valence-corrected chi connectivity index (χ4v) is 1.97. The first-order chi connectivity index (χ1) is 6.77. The fourth-order valence-electron chi connectivity index (χ4n) is 1.97. The maximum absolute atomic E-state index is 11.1. The Bertz CT molecular complexity index is 183. The van der Waals surface area contributed by atoms with E-state index in [1.165, 1.54) is 26.4 Å². The van der Waals surface area contributed by atoms with Crippen LogP contribution in [0.3, 0.4) is 0 Å². The maximum atomic E-state index is 11.1. The first kappa shape index (κ1) is 11.5. The van der Waals surface area contributed by atoms with Gasteiger partial charge in [-0.1, -0.05) is 6.42 Å². The monoisotopic (exact) mass is 200 g/mol. The molecule has 0 aromatic rings. The predicted octanol–water partition coefficient (Wildman–Crippen LogP) is 0.233. The lowest BCUT2D eigenvalue weighted by atomic mass is 10.0. The Hall–Kier alpha value is -0.610. The van der Waals surface area contributed by atoms with Gasteiger partial charge in [0.1, 0.15) is 0 Å². The first-order valence-electron chi connectivity index (χ1n) is 5.23. The number of hydrogen-bond acceptors (Lipinski definition) is 4. The van der Waals surface area contributed by atoms with Crippen LogP contribution in [-0.4, -0.2) is 50.7 Å². The van der Waals surface area contributed by atoms with Gasteiger partial charge in [0.25, 0.3) is 0 Å². The molecule has 0 bridgehead atoms. The van der Waals surface area contributed by atoms with Crippen LogP contribution in [-0.2, 0) is 9.53 Å². The summed E-state index contributed by atoms with van der Waals surface area (Å²) in [6, 6.07) is 0.493. The summed E-state index contributed by atoms with van der Waals surface area (Å²) in [6.45, 7) is 2.40. The number of piperidine rings is 1. The quantitative estimate of drug-likeness (QED) is 0.660. The normalized spacial score (nSPS) is 23.4. The molecule has 14 heavy (non-hydrogen) atoms. The van der Waals surface area contributed by atoms with E-state index in [0.29, 0.717) is 12.6 Å². The molecule has 0 spiro atoms. The number of carbonyl (C=O) groups is 1. The molecule has 1 N–H and O–H groups in total. The Morgan fingerprint density at radius 3 is 3.00 bits per heavy atom. The van der Waals surface area contributed by atoms with Crippen molar-refractivity contribution in [2.75, 3.05) is 33.8 Å². The summed E-state index contributed by atoms with van der Waals surface area (Å²) in [5, 5.41) is 3.16. The molecule has 0 radical (unpaired) electrons. The van der Waals surface area contributed by atoms with E-state index in [9.17, 15) is 4.79 Å². The van der Waals surface area contributed by atoms with E-state index in [1.807, 2.05) is 7.05 Å². The van der Waals surface area contributed by atoms with E-state index in [0.717, 1.165) is 13.1 Å². The molecule has 4 nitrogen and oxygen atoms in total. The number of rotatable bonds is 4. The Kier molecular flexibility index (Phi) is 4.90.